The second-order valence-corrected chi connectivity index (χ2v) is 7.23. The fraction of sp³-hybridized carbons (Fsp3) is 0.619. The molecule has 26 heavy (non-hydrogen) atoms. The van der Waals surface area contributed by atoms with Crippen molar-refractivity contribution < 1.29 is 4.79 Å². The number of rotatable bonds is 6. The van der Waals surface area contributed by atoms with E-state index >= 15 is 0 Å². The minimum absolute atomic E-state index is 0.162. The van der Waals surface area contributed by atoms with Crippen LogP contribution in [-0.2, 0) is 11.2 Å². The Balaban J connectivity index is 1.82. The Hall–Kier alpha value is -2.04. The lowest BCUT2D eigenvalue weighted by Gasteiger charge is -2.36. The zero-order chi connectivity index (χ0) is 18.9. The molecule has 0 spiro atoms. The molecule has 1 aromatic carbocycles. The molecule has 144 valence electrons. The zero-order valence-corrected chi connectivity index (χ0v) is 16.8. The molecule has 1 N–H and O–H groups in total. The van der Waals surface area contributed by atoms with Gasteiger partial charge in [-0.3, -0.25) is 9.79 Å². The minimum atomic E-state index is 0.162. The lowest BCUT2D eigenvalue weighted by molar-refractivity contribution is -0.130. The van der Waals surface area contributed by atoms with Gasteiger partial charge in [0.2, 0.25) is 5.91 Å². The van der Waals surface area contributed by atoms with Gasteiger partial charge < -0.3 is 15.1 Å². The van der Waals surface area contributed by atoms with Crippen molar-refractivity contribution in [2.24, 2.45) is 4.99 Å². The van der Waals surface area contributed by atoms with E-state index in [-0.39, 0.29) is 5.91 Å². The highest BCUT2D eigenvalue weighted by atomic mass is 16.2. The molecule has 0 atom stereocenters. The highest BCUT2D eigenvalue weighted by Gasteiger charge is 2.20. The number of benzene rings is 1. The van der Waals surface area contributed by atoms with E-state index in [1.165, 1.54) is 11.1 Å². The van der Waals surface area contributed by atoms with Gasteiger partial charge in [-0.15, -0.1) is 0 Å². The van der Waals surface area contributed by atoms with E-state index in [0.717, 1.165) is 58.1 Å². The van der Waals surface area contributed by atoms with E-state index in [2.05, 4.69) is 55.3 Å². The summed E-state index contributed by atoms with van der Waals surface area (Å²) in [6.07, 6.45) is 2.10. The Kier molecular flexibility index (Phi) is 7.95. The molecule has 5 nitrogen and oxygen atoms in total. The van der Waals surface area contributed by atoms with Crippen LogP contribution in [0.3, 0.4) is 0 Å². The lowest BCUT2D eigenvalue weighted by atomic mass is 10.0. The van der Waals surface area contributed by atoms with Crippen LogP contribution < -0.4 is 5.32 Å². The van der Waals surface area contributed by atoms with Gasteiger partial charge in [0.25, 0.3) is 0 Å². The van der Waals surface area contributed by atoms with Crippen molar-refractivity contribution in [1.29, 1.82) is 0 Å². The van der Waals surface area contributed by atoms with Crippen LogP contribution in [0.4, 0.5) is 0 Å². The Morgan fingerprint density at radius 3 is 2.27 bits per heavy atom. The van der Waals surface area contributed by atoms with E-state index in [1.807, 2.05) is 4.90 Å². The van der Waals surface area contributed by atoms with E-state index in [4.69, 9.17) is 4.99 Å². The standard InChI is InChI=1S/C21H34N4O/c1-5-22-21(25-15-13-24(14-16-25)18(4)26)23-12-6-7-19-8-10-20(11-9-19)17(2)3/h8-11,17H,5-7,12-16H2,1-4H3,(H,22,23). The van der Waals surface area contributed by atoms with E-state index in [0.29, 0.717) is 5.92 Å². The summed E-state index contributed by atoms with van der Waals surface area (Å²) in [6, 6.07) is 8.96. The van der Waals surface area contributed by atoms with Crippen molar-refractivity contribution in [3.63, 3.8) is 0 Å². The summed E-state index contributed by atoms with van der Waals surface area (Å²) in [7, 11) is 0. The molecule has 1 aliphatic rings. The molecule has 0 unspecified atom stereocenters. The van der Waals surface area contributed by atoms with Gasteiger partial charge in [0.1, 0.15) is 0 Å². The summed E-state index contributed by atoms with van der Waals surface area (Å²) >= 11 is 0. The summed E-state index contributed by atoms with van der Waals surface area (Å²) in [5.74, 6) is 1.72. The number of piperazine rings is 1. The zero-order valence-electron chi connectivity index (χ0n) is 16.8. The molecule has 2 rings (SSSR count). The molecular weight excluding hydrogens is 324 g/mol. The van der Waals surface area contributed by atoms with Crippen molar-refractivity contribution in [3.8, 4) is 0 Å². The fourth-order valence-corrected chi connectivity index (χ4v) is 3.20. The molecule has 1 saturated heterocycles. The van der Waals surface area contributed by atoms with Gasteiger partial charge in [-0.05, 0) is 36.8 Å². The molecule has 1 fully saturated rings. The van der Waals surface area contributed by atoms with Gasteiger partial charge in [0.15, 0.2) is 5.96 Å². The van der Waals surface area contributed by atoms with E-state index < -0.39 is 0 Å². The smallest absolute Gasteiger partial charge is 0.219 e. The Morgan fingerprint density at radius 1 is 1.12 bits per heavy atom. The van der Waals surface area contributed by atoms with Crippen LogP contribution in [0.25, 0.3) is 0 Å². The minimum Gasteiger partial charge on any atom is -0.357 e. The van der Waals surface area contributed by atoms with Crippen LogP contribution in [-0.4, -0.2) is 60.9 Å². The second-order valence-electron chi connectivity index (χ2n) is 7.23. The number of hydrogen-bond donors (Lipinski definition) is 1. The first-order chi connectivity index (χ1) is 12.5. The first-order valence-electron chi connectivity index (χ1n) is 9.89. The second kappa shape index (κ2) is 10.2. The Morgan fingerprint density at radius 2 is 1.73 bits per heavy atom. The molecule has 0 bridgehead atoms. The summed E-state index contributed by atoms with van der Waals surface area (Å²) < 4.78 is 0. The maximum atomic E-state index is 11.5. The Bertz CT molecular complexity index is 587. The van der Waals surface area contributed by atoms with Gasteiger partial charge in [-0.25, -0.2) is 0 Å². The predicted octanol–water partition coefficient (Wildman–Crippen LogP) is 2.87. The fourth-order valence-electron chi connectivity index (χ4n) is 3.20. The number of aryl methyl sites for hydroxylation is 1. The first-order valence-corrected chi connectivity index (χ1v) is 9.89. The normalized spacial score (nSPS) is 15.5. The van der Waals surface area contributed by atoms with Crippen LogP contribution in [0.1, 0.15) is 51.2 Å². The number of carbonyl (C=O) groups excluding carboxylic acids is 1. The third-order valence-electron chi connectivity index (χ3n) is 4.89. The number of guanidine groups is 1. The maximum Gasteiger partial charge on any atom is 0.219 e. The molecule has 0 radical (unpaired) electrons. The van der Waals surface area contributed by atoms with Crippen LogP contribution >= 0.6 is 0 Å². The monoisotopic (exact) mass is 358 g/mol. The number of hydrogen-bond acceptors (Lipinski definition) is 2. The number of amides is 1. The summed E-state index contributed by atoms with van der Waals surface area (Å²) in [5, 5.41) is 3.39. The maximum absolute atomic E-state index is 11.5. The van der Waals surface area contributed by atoms with Crippen LogP contribution in [0, 0.1) is 0 Å². The van der Waals surface area contributed by atoms with Gasteiger partial charge in [0.05, 0.1) is 0 Å². The molecule has 1 amide bonds. The molecular formula is C21H34N4O. The average molecular weight is 359 g/mol. The highest BCUT2D eigenvalue weighted by molar-refractivity contribution is 5.80. The molecule has 1 heterocycles. The highest BCUT2D eigenvalue weighted by Crippen LogP contribution is 2.15. The molecule has 1 aromatic rings. The SMILES string of the molecule is CCNC(=NCCCc1ccc(C(C)C)cc1)N1CCN(C(C)=O)CC1. The third kappa shape index (κ3) is 6.04. The number of nitrogens with zero attached hydrogens (tertiary/aromatic N) is 3. The van der Waals surface area contributed by atoms with Crippen molar-refractivity contribution in [1.82, 2.24) is 15.1 Å². The number of carbonyl (C=O) groups is 1. The van der Waals surface area contributed by atoms with Crippen molar-refractivity contribution >= 4 is 11.9 Å². The van der Waals surface area contributed by atoms with Gasteiger partial charge in [0, 0.05) is 46.2 Å². The van der Waals surface area contributed by atoms with Crippen LogP contribution in [0.2, 0.25) is 0 Å². The first kappa shape index (κ1) is 20.3. The Labute approximate surface area is 158 Å². The molecule has 5 heteroatoms. The van der Waals surface area contributed by atoms with Crippen LogP contribution in [0.15, 0.2) is 29.3 Å². The average Bonchev–Trinajstić information content (AvgIpc) is 2.64. The van der Waals surface area contributed by atoms with Crippen molar-refractivity contribution in [2.75, 3.05) is 39.3 Å². The summed E-state index contributed by atoms with van der Waals surface area (Å²) in [5.41, 5.74) is 2.77. The van der Waals surface area contributed by atoms with Crippen LogP contribution in [0.5, 0.6) is 0 Å². The molecule has 0 aliphatic carbocycles. The molecule has 0 aromatic heterocycles. The third-order valence-corrected chi connectivity index (χ3v) is 4.89. The summed E-state index contributed by atoms with van der Waals surface area (Å²) in [6.45, 7) is 13.1. The number of nitrogens with one attached hydrogen (secondary N) is 1. The van der Waals surface area contributed by atoms with Gasteiger partial charge in [-0.1, -0.05) is 38.1 Å². The van der Waals surface area contributed by atoms with E-state index in [9.17, 15) is 4.79 Å². The van der Waals surface area contributed by atoms with Crippen molar-refractivity contribution in [2.45, 2.75) is 46.5 Å². The topological polar surface area (TPSA) is 47.9 Å². The van der Waals surface area contributed by atoms with Gasteiger partial charge >= 0.3 is 0 Å². The molecule has 0 saturated carbocycles. The van der Waals surface area contributed by atoms with Gasteiger partial charge in [-0.2, -0.15) is 0 Å². The number of aliphatic imine (C=N–C) groups is 1. The lowest BCUT2D eigenvalue weighted by Crippen LogP contribution is -2.53. The summed E-state index contributed by atoms with van der Waals surface area (Å²) in [4.78, 5) is 20.4. The quantitative estimate of drug-likeness (QED) is 0.483. The van der Waals surface area contributed by atoms with Crippen molar-refractivity contribution in [3.05, 3.63) is 35.4 Å². The molecule has 1 aliphatic heterocycles. The predicted molar refractivity (Wildman–Crippen MR) is 109 cm³/mol. The van der Waals surface area contributed by atoms with E-state index in [1.54, 1.807) is 6.92 Å². The largest absolute Gasteiger partial charge is 0.357 e.